The molecule has 0 saturated carbocycles. The molecule has 0 aromatic heterocycles. The lowest BCUT2D eigenvalue weighted by Gasteiger charge is -2.24. The first kappa shape index (κ1) is 16.5. The van der Waals surface area contributed by atoms with Crippen LogP contribution in [-0.2, 0) is 12.1 Å². The number of aliphatic hydroxyl groups is 1. The summed E-state index contributed by atoms with van der Waals surface area (Å²) in [6.45, 7) is 3.28. The van der Waals surface area contributed by atoms with Gasteiger partial charge in [0, 0.05) is 6.54 Å². The molecule has 3 heteroatoms. The Kier molecular flexibility index (Phi) is 4.84. The predicted octanol–water partition coefficient (Wildman–Crippen LogP) is 3.93. The number of phenols is 1. The average molecular weight is 321 g/mol. The van der Waals surface area contributed by atoms with Crippen molar-refractivity contribution in [3.8, 4) is 5.75 Å². The fraction of sp³-hybridized carbons (Fsp3) is 0.238. The first-order valence-corrected chi connectivity index (χ1v) is 8.25. The van der Waals surface area contributed by atoms with Crippen molar-refractivity contribution in [2.24, 2.45) is 0 Å². The van der Waals surface area contributed by atoms with Crippen LogP contribution in [0.1, 0.15) is 24.5 Å². The summed E-state index contributed by atoms with van der Waals surface area (Å²) in [5.74, 6) is 0.212. The fourth-order valence-electron chi connectivity index (χ4n) is 2.97. The summed E-state index contributed by atoms with van der Waals surface area (Å²) in [7, 11) is 0. The van der Waals surface area contributed by atoms with Gasteiger partial charge in [-0.1, -0.05) is 54.6 Å². The highest BCUT2D eigenvalue weighted by Gasteiger charge is 2.22. The first-order chi connectivity index (χ1) is 11.6. The van der Waals surface area contributed by atoms with Crippen LogP contribution >= 0.6 is 0 Å². The molecule has 0 fully saturated rings. The van der Waals surface area contributed by atoms with E-state index in [1.54, 1.807) is 31.2 Å². The molecule has 0 amide bonds. The second-order valence-electron chi connectivity index (χ2n) is 6.39. The van der Waals surface area contributed by atoms with Gasteiger partial charge in [0.05, 0.1) is 5.60 Å². The molecule has 0 heterocycles. The van der Waals surface area contributed by atoms with Gasteiger partial charge in [0.2, 0.25) is 0 Å². The number of benzene rings is 3. The highest BCUT2D eigenvalue weighted by molar-refractivity contribution is 5.85. The second kappa shape index (κ2) is 7.04. The maximum Gasteiger partial charge on any atom is 0.115 e. The minimum Gasteiger partial charge on any atom is -0.508 e. The van der Waals surface area contributed by atoms with Crippen molar-refractivity contribution in [3.05, 3.63) is 77.9 Å². The molecule has 0 radical (unpaired) electrons. The highest BCUT2D eigenvalue weighted by Crippen LogP contribution is 2.25. The molecule has 0 aliphatic rings. The molecule has 3 N–H and O–H groups in total. The maximum absolute atomic E-state index is 10.6. The third-order valence-corrected chi connectivity index (χ3v) is 4.47. The lowest BCUT2D eigenvalue weighted by molar-refractivity contribution is 0.0479. The smallest absolute Gasteiger partial charge is 0.115 e. The summed E-state index contributed by atoms with van der Waals surface area (Å²) in [5.41, 5.74) is 1.16. The highest BCUT2D eigenvalue weighted by atomic mass is 16.3. The van der Waals surface area contributed by atoms with Crippen molar-refractivity contribution < 1.29 is 10.2 Å². The summed E-state index contributed by atoms with van der Waals surface area (Å²) < 4.78 is 0. The van der Waals surface area contributed by atoms with Crippen LogP contribution < -0.4 is 5.32 Å². The van der Waals surface area contributed by atoms with Gasteiger partial charge in [-0.2, -0.15) is 0 Å². The van der Waals surface area contributed by atoms with Crippen molar-refractivity contribution in [1.82, 2.24) is 5.32 Å². The summed E-state index contributed by atoms with van der Waals surface area (Å²) in [6.07, 6.45) is 0.600. The van der Waals surface area contributed by atoms with E-state index in [0.717, 1.165) is 12.1 Å². The van der Waals surface area contributed by atoms with Gasteiger partial charge in [-0.05, 0) is 53.9 Å². The van der Waals surface area contributed by atoms with E-state index in [1.807, 2.05) is 6.07 Å². The van der Waals surface area contributed by atoms with Crippen molar-refractivity contribution in [1.29, 1.82) is 0 Å². The molecular weight excluding hydrogens is 298 g/mol. The zero-order valence-corrected chi connectivity index (χ0v) is 13.9. The molecule has 3 nitrogen and oxygen atoms in total. The van der Waals surface area contributed by atoms with E-state index in [1.165, 1.54) is 16.3 Å². The Labute approximate surface area is 142 Å². The number of fused-ring (bicyclic) bond motifs is 1. The topological polar surface area (TPSA) is 52.5 Å². The molecule has 0 bridgehead atoms. The van der Waals surface area contributed by atoms with Crippen LogP contribution in [0.15, 0.2) is 66.7 Å². The molecule has 1 unspecified atom stereocenters. The SMILES string of the molecule is CC(O)(CCNCc1cccc2ccccc12)c1ccc(O)cc1. The molecule has 0 aliphatic carbocycles. The third-order valence-electron chi connectivity index (χ3n) is 4.47. The molecule has 124 valence electrons. The maximum atomic E-state index is 10.6. The zero-order valence-electron chi connectivity index (χ0n) is 13.9. The molecule has 24 heavy (non-hydrogen) atoms. The van der Waals surface area contributed by atoms with Crippen LogP contribution in [-0.4, -0.2) is 16.8 Å². The Balaban J connectivity index is 1.59. The molecule has 3 aromatic carbocycles. The van der Waals surface area contributed by atoms with Crippen LogP contribution in [0.2, 0.25) is 0 Å². The molecule has 1 atom stereocenters. The van der Waals surface area contributed by atoms with Crippen molar-refractivity contribution >= 4 is 10.8 Å². The van der Waals surface area contributed by atoms with E-state index in [9.17, 15) is 10.2 Å². The van der Waals surface area contributed by atoms with Crippen molar-refractivity contribution in [3.63, 3.8) is 0 Å². The minimum atomic E-state index is -0.917. The van der Waals surface area contributed by atoms with Crippen molar-refractivity contribution in [2.45, 2.75) is 25.5 Å². The van der Waals surface area contributed by atoms with Gasteiger partial charge < -0.3 is 15.5 Å². The van der Waals surface area contributed by atoms with E-state index in [0.29, 0.717) is 13.0 Å². The quantitative estimate of drug-likeness (QED) is 0.603. The van der Waals surface area contributed by atoms with Gasteiger partial charge in [0.25, 0.3) is 0 Å². The second-order valence-corrected chi connectivity index (χ2v) is 6.39. The van der Waals surface area contributed by atoms with Gasteiger partial charge in [0.1, 0.15) is 5.75 Å². The summed E-state index contributed by atoms with van der Waals surface area (Å²) in [6, 6.07) is 21.4. The third kappa shape index (κ3) is 3.75. The van der Waals surface area contributed by atoms with Crippen LogP contribution in [0.4, 0.5) is 0 Å². The Morgan fingerprint density at radius 3 is 2.42 bits per heavy atom. The lowest BCUT2D eigenvalue weighted by Crippen LogP contribution is -2.27. The molecule has 0 spiro atoms. The average Bonchev–Trinajstić information content (AvgIpc) is 2.59. The first-order valence-electron chi connectivity index (χ1n) is 8.25. The van der Waals surface area contributed by atoms with Gasteiger partial charge in [0.15, 0.2) is 0 Å². The van der Waals surface area contributed by atoms with E-state index >= 15 is 0 Å². The summed E-state index contributed by atoms with van der Waals surface area (Å²) >= 11 is 0. The van der Waals surface area contributed by atoms with Gasteiger partial charge in [-0.15, -0.1) is 0 Å². The molecule has 0 saturated heterocycles. The Bertz CT molecular complexity index is 804. The molecule has 3 aromatic rings. The number of hydrogen-bond acceptors (Lipinski definition) is 3. The van der Waals surface area contributed by atoms with E-state index < -0.39 is 5.60 Å². The molecule has 3 rings (SSSR count). The summed E-state index contributed by atoms with van der Waals surface area (Å²) in [5, 5.41) is 25.9. The minimum absolute atomic E-state index is 0.212. The number of nitrogens with one attached hydrogen (secondary N) is 1. The number of rotatable bonds is 6. The monoisotopic (exact) mass is 321 g/mol. The number of phenolic OH excluding ortho intramolecular Hbond substituents is 1. The number of aromatic hydroxyl groups is 1. The largest absolute Gasteiger partial charge is 0.508 e. The van der Waals surface area contributed by atoms with Crippen LogP contribution in [0.3, 0.4) is 0 Å². The van der Waals surface area contributed by atoms with Crippen LogP contribution in [0.25, 0.3) is 10.8 Å². The van der Waals surface area contributed by atoms with Gasteiger partial charge in [-0.3, -0.25) is 0 Å². The Morgan fingerprint density at radius 1 is 0.917 bits per heavy atom. The van der Waals surface area contributed by atoms with Gasteiger partial charge >= 0.3 is 0 Å². The summed E-state index contributed by atoms with van der Waals surface area (Å²) in [4.78, 5) is 0. The normalized spacial score (nSPS) is 13.8. The van der Waals surface area contributed by atoms with Gasteiger partial charge in [-0.25, -0.2) is 0 Å². The zero-order chi connectivity index (χ0) is 17.0. The van der Waals surface area contributed by atoms with Crippen molar-refractivity contribution in [2.75, 3.05) is 6.54 Å². The molecular formula is C21H23NO2. The van der Waals surface area contributed by atoms with E-state index in [-0.39, 0.29) is 5.75 Å². The Hall–Kier alpha value is -2.36. The predicted molar refractivity (Wildman–Crippen MR) is 97.9 cm³/mol. The van der Waals surface area contributed by atoms with E-state index in [4.69, 9.17) is 0 Å². The lowest BCUT2D eigenvalue weighted by atomic mass is 9.92. The van der Waals surface area contributed by atoms with E-state index in [2.05, 4.69) is 41.7 Å². The Morgan fingerprint density at radius 2 is 1.62 bits per heavy atom. The van der Waals surface area contributed by atoms with Crippen LogP contribution in [0, 0.1) is 0 Å². The number of hydrogen-bond donors (Lipinski definition) is 3. The standard InChI is InChI=1S/C21H23NO2/c1-21(24,18-9-11-19(23)12-10-18)13-14-22-15-17-7-4-6-16-5-2-3-8-20(16)17/h2-12,22-24H,13-15H2,1H3. The van der Waals surface area contributed by atoms with Crippen LogP contribution in [0.5, 0.6) is 5.75 Å². The molecule has 0 aliphatic heterocycles. The fourth-order valence-corrected chi connectivity index (χ4v) is 2.97.